The van der Waals surface area contributed by atoms with Crippen LogP contribution in [0, 0.1) is 32.4 Å². The first-order valence-electron chi connectivity index (χ1n) is 10.4. The number of sulfonamides is 2. The minimum Gasteiger partial charge on any atom is -0.504 e. The van der Waals surface area contributed by atoms with E-state index in [-0.39, 0.29) is 38.9 Å². The van der Waals surface area contributed by atoms with Crippen LogP contribution in [0.5, 0.6) is 5.75 Å². The van der Waals surface area contributed by atoms with Gasteiger partial charge in [0.1, 0.15) is 22.0 Å². The number of rotatable bonds is 4. The molecule has 0 spiro atoms. The Labute approximate surface area is 206 Å². The number of benzene rings is 3. The number of nitrogens with zero attached hydrogens (tertiary/aromatic N) is 1. The Morgan fingerprint density at radius 3 is 1.72 bits per heavy atom. The van der Waals surface area contributed by atoms with Gasteiger partial charge < -0.3 is 5.11 Å². The van der Waals surface area contributed by atoms with Crippen LogP contribution in [-0.4, -0.2) is 26.9 Å². The summed E-state index contributed by atoms with van der Waals surface area (Å²) in [5, 5.41) is 21.3. The summed E-state index contributed by atoms with van der Waals surface area (Å²) in [5.41, 5.74) is 0.934. The molecule has 0 radical (unpaired) electrons. The normalized spacial score (nSPS) is 12.3. The molecule has 0 bridgehead atoms. The van der Waals surface area contributed by atoms with E-state index in [0.717, 1.165) is 0 Å². The summed E-state index contributed by atoms with van der Waals surface area (Å²) in [4.78, 5) is 2.69. The Morgan fingerprint density at radius 2 is 1.25 bits per heavy atom. The average Bonchev–Trinajstić information content (AvgIpc) is 2.76. The van der Waals surface area contributed by atoms with Gasteiger partial charge in [0, 0.05) is 22.2 Å². The smallest absolute Gasteiger partial charge is 0.241 e. The molecule has 0 aliphatic rings. The van der Waals surface area contributed by atoms with Gasteiger partial charge in [0.05, 0.1) is 4.90 Å². The molecular formula is C24H21F2N3O5S2. The molecule has 0 aliphatic carbocycles. The maximum atomic E-state index is 14.7. The number of phenols is 1. The van der Waals surface area contributed by atoms with Gasteiger partial charge in [0.25, 0.3) is 0 Å². The predicted octanol–water partition coefficient (Wildman–Crippen LogP) is 3.77. The van der Waals surface area contributed by atoms with Crippen LogP contribution < -0.4 is 10.3 Å². The maximum absolute atomic E-state index is 14.7. The predicted molar refractivity (Wildman–Crippen MR) is 131 cm³/mol. The van der Waals surface area contributed by atoms with Crippen molar-refractivity contribution in [3.63, 3.8) is 0 Å². The second-order valence-corrected chi connectivity index (χ2v) is 11.4. The lowest BCUT2D eigenvalue weighted by Crippen LogP contribution is -2.18. The van der Waals surface area contributed by atoms with Crippen LogP contribution in [0.25, 0.3) is 33.2 Å². The third-order valence-electron chi connectivity index (χ3n) is 6.03. The monoisotopic (exact) mass is 533 g/mol. The average molecular weight is 534 g/mol. The Balaban J connectivity index is 2.43. The van der Waals surface area contributed by atoms with Crippen molar-refractivity contribution in [2.24, 2.45) is 10.3 Å². The molecule has 188 valence electrons. The summed E-state index contributed by atoms with van der Waals surface area (Å²) in [6, 6.07) is 9.04. The molecule has 0 atom stereocenters. The molecule has 3 aromatic carbocycles. The van der Waals surface area contributed by atoms with Gasteiger partial charge in [-0.3, -0.25) is 0 Å². The molecule has 8 nitrogen and oxygen atoms in total. The zero-order chi connectivity index (χ0) is 26.7. The topological polar surface area (TPSA) is 153 Å². The highest BCUT2D eigenvalue weighted by Crippen LogP contribution is 2.47. The van der Waals surface area contributed by atoms with Crippen molar-refractivity contribution in [1.29, 1.82) is 0 Å². The van der Waals surface area contributed by atoms with E-state index in [1.165, 1.54) is 51.1 Å². The third kappa shape index (κ3) is 4.11. The van der Waals surface area contributed by atoms with Crippen molar-refractivity contribution in [2.45, 2.75) is 30.6 Å². The van der Waals surface area contributed by atoms with Gasteiger partial charge in [-0.1, -0.05) is 24.3 Å². The Hall–Kier alpha value is -3.45. The molecule has 0 aliphatic heterocycles. The van der Waals surface area contributed by atoms with Crippen molar-refractivity contribution in [1.82, 2.24) is 4.98 Å². The van der Waals surface area contributed by atoms with E-state index in [9.17, 15) is 30.7 Å². The number of pyridine rings is 1. The molecule has 36 heavy (non-hydrogen) atoms. The molecule has 0 saturated heterocycles. The van der Waals surface area contributed by atoms with Gasteiger partial charge in [0.15, 0.2) is 5.75 Å². The second kappa shape index (κ2) is 8.59. The Kier molecular flexibility index (Phi) is 6.12. The molecule has 4 aromatic rings. The van der Waals surface area contributed by atoms with Crippen LogP contribution >= 0.6 is 0 Å². The lowest BCUT2D eigenvalue weighted by molar-refractivity contribution is 0.463. The minimum absolute atomic E-state index is 0.0727. The van der Waals surface area contributed by atoms with Crippen LogP contribution in [0.3, 0.4) is 0 Å². The molecule has 5 N–H and O–H groups in total. The third-order valence-corrected chi connectivity index (χ3v) is 7.89. The number of halogens is 2. The van der Waals surface area contributed by atoms with Crippen molar-refractivity contribution in [3.05, 3.63) is 70.9 Å². The van der Waals surface area contributed by atoms with E-state index in [1.807, 2.05) is 0 Å². The van der Waals surface area contributed by atoms with Crippen molar-refractivity contribution in [2.75, 3.05) is 0 Å². The zero-order valence-electron chi connectivity index (χ0n) is 19.3. The summed E-state index contributed by atoms with van der Waals surface area (Å²) < 4.78 is 79.0. The fourth-order valence-corrected chi connectivity index (χ4v) is 5.78. The molecule has 0 saturated carbocycles. The van der Waals surface area contributed by atoms with E-state index >= 15 is 0 Å². The van der Waals surface area contributed by atoms with E-state index < -0.39 is 52.7 Å². The van der Waals surface area contributed by atoms with Gasteiger partial charge in [-0.05, 0) is 61.2 Å². The number of fused-ring (bicyclic) bond motifs is 1. The summed E-state index contributed by atoms with van der Waals surface area (Å²) in [6.45, 7) is 4.49. The highest BCUT2D eigenvalue weighted by atomic mass is 32.2. The number of aromatic nitrogens is 1. The standard InChI is InChI=1S/C24H21F2N3O5S2/c1-11-14(6-4-8-16(11)25)20-13(3)29-23-22(21(20)15-7-5-9-17(26)12(15)2)18(35(27,31)32)10-19(24(23)30)36(28,33)34/h4-10,30H,1-3H3,(H2,27,31,32)(H2,28,33,34). The van der Waals surface area contributed by atoms with Crippen LogP contribution in [0.2, 0.25) is 0 Å². The first-order valence-corrected chi connectivity index (χ1v) is 13.5. The van der Waals surface area contributed by atoms with Crippen LogP contribution in [0.1, 0.15) is 16.8 Å². The quantitative estimate of drug-likeness (QED) is 0.363. The van der Waals surface area contributed by atoms with Crippen LogP contribution in [0.15, 0.2) is 52.3 Å². The Morgan fingerprint density at radius 1 is 0.778 bits per heavy atom. The molecule has 12 heteroatoms. The summed E-state index contributed by atoms with van der Waals surface area (Å²) in [7, 11) is -9.26. The molecule has 0 unspecified atom stereocenters. The van der Waals surface area contributed by atoms with Gasteiger partial charge in [-0.25, -0.2) is 40.9 Å². The van der Waals surface area contributed by atoms with Gasteiger partial charge in [-0.2, -0.15) is 0 Å². The first-order chi connectivity index (χ1) is 16.6. The molecular weight excluding hydrogens is 512 g/mol. The van der Waals surface area contributed by atoms with Crippen LogP contribution in [-0.2, 0) is 20.0 Å². The second-order valence-electron chi connectivity index (χ2n) is 8.31. The summed E-state index contributed by atoms with van der Waals surface area (Å²) >= 11 is 0. The number of hydrogen-bond donors (Lipinski definition) is 3. The zero-order valence-corrected chi connectivity index (χ0v) is 20.9. The van der Waals surface area contributed by atoms with Crippen LogP contribution in [0.4, 0.5) is 8.78 Å². The van der Waals surface area contributed by atoms with E-state index in [0.29, 0.717) is 11.6 Å². The number of hydrogen-bond acceptors (Lipinski definition) is 6. The number of primary sulfonamides is 2. The molecule has 0 fully saturated rings. The van der Waals surface area contributed by atoms with E-state index in [4.69, 9.17) is 10.3 Å². The Bertz CT molecular complexity index is 1810. The largest absolute Gasteiger partial charge is 0.504 e. The summed E-state index contributed by atoms with van der Waals surface area (Å²) in [6.07, 6.45) is 0. The minimum atomic E-state index is -4.65. The lowest BCUT2D eigenvalue weighted by atomic mass is 9.86. The first kappa shape index (κ1) is 25.6. The fourth-order valence-electron chi connectivity index (χ4n) is 4.29. The maximum Gasteiger partial charge on any atom is 0.241 e. The highest BCUT2D eigenvalue weighted by molar-refractivity contribution is 7.90. The number of nitrogens with two attached hydrogens (primary N) is 2. The van der Waals surface area contributed by atoms with E-state index in [2.05, 4.69) is 4.98 Å². The SMILES string of the molecule is Cc1nc2c(O)c(S(N)(=O)=O)cc(S(N)(=O)=O)c2c(-c2cccc(F)c2C)c1-c1cccc(F)c1C. The van der Waals surface area contributed by atoms with Crippen molar-refractivity contribution in [3.8, 4) is 28.0 Å². The number of phenolic OH excluding ortho intramolecular Hbond substituents is 1. The lowest BCUT2D eigenvalue weighted by Gasteiger charge is -2.22. The fraction of sp³-hybridized carbons (Fsp3) is 0.125. The van der Waals surface area contributed by atoms with Gasteiger partial charge in [0.2, 0.25) is 20.0 Å². The van der Waals surface area contributed by atoms with Gasteiger partial charge in [-0.15, -0.1) is 0 Å². The van der Waals surface area contributed by atoms with Crippen molar-refractivity contribution < 1.29 is 30.7 Å². The van der Waals surface area contributed by atoms with Gasteiger partial charge >= 0.3 is 0 Å². The highest BCUT2D eigenvalue weighted by Gasteiger charge is 2.30. The van der Waals surface area contributed by atoms with E-state index in [1.54, 1.807) is 6.07 Å². The molecule has 0 amide bonds. The molecule has 1 heterocycles. The number of aryl methyl sites for hydroxylation is 1. The van der Waals surface area contributed by atoms with Crippen molar-refractivity contribution >= 4 is 30.9 Å². The molecule has 1 aromatic heterocycles. The number of aromatic hydroxyl groups is 1. The summed E-state index contributed by atoms with van der Waals surface area (Å²) in [5.74, 6) is -2.06. The molecule has 4 rings (SSSR count).